The molecular weight excluding hydrogens is 318 g/mol. The van der Waals surface area contributed by atoms with Gasteiger partial charge in [-0.05, 0) is 42.9 Å². The number of hydrogen-bond donors (Lipinski definition) is 1. The third-order valence-electron chi connectivity index (χ3n) is 3.97. The molecule has 1 amide bonds. The Morgan fingerprint density at radius 1 is 1.45 bits per heavy atom. The lowest BCUT2D eigenvalue weighted by molar-refractivity contribution is -0.137. The number of benzene rings is 1. The molecule has 4 heteroatoms. The van der Waals surface area contributed by atoms with Gasteiger partial charge in [0, 0.05) is 30.1 Å². The van der Waals surface area contributed by atoms with E-state index >= 15 is 0 Å². The molecule has 1 heterocycles. The Morgan fingerprint density at radius 3 is 2.80 bits per heavy atom. The third-order valence-corrected chi connectivity index (χ3v) is 4.49. The highest BCUT2D eigenvalue weighted by molar-refractivity contribution is 9.10. The molecule has 0 saturated carbocycles. The Labute approximate surface area is 129 Å². The number of carbonyl (C=O) groups excluding carboxylic acids is 1. The fourth-order valence-electron chi connectivity index (χ4n) is 2.79. The van der Waals surface area contributed by atoms with Gasteiger partial charge in [0.1, 0.15) is 0 Å². The summed E-state index contributed by atoms with van der Waals surface area (Å²) in [5.74, 6) is 0.465. The first-order chi connectivity index (χ1) is 9.60. The first-order valence-corrected chi connectivity index (χ1v) is 8.03. The van der Waals surface area contributed by atoms with Crippen molar-refractivity contribution in [2.24, 2.45) is 11.8 Å². The summed E-state index contributed by atoms with van der Waals surface area (Å²) in [7, 11) is 0. The molecule has 0 aromatic heterocycles. The van der Waals surface area contributed by atoms with Crippen molar-refractivity contribution in [1.82, 2.24) is 4.90 Å². The molecule has 2 unspecified atom stereocenters. The second-order valence-corrected chi connectivity index (χ2v) is 6.62. The topological polar surface area (TPSA) is 40.5 Å². The zero-order chi connectivity index (χ0) is 14.5. The van der Waals surface area contributed by atoms with Gasteiger partial charge in [0.05, 0.1) is 0 Å². The zero-order valence-electron chi connectivity index (χ0n) is 11.9. The summed E-state index contributed by atoms with van der Waals surface area (Å²) in [6.07, 6.45) is 2.80. The van der Waals surface area contributed by atoms with Gasteiger partial charge < -0.3 is 10.0 Å². The highest BCUT2D eigenvalue weighted by atomic mass is 79.9. The van der Waals surface area contributed by atoms with Crippen molar-refractivity contribution in [2.75, 3.05) is 19.7 Å². The quantitative estimate of drug-likeness (QED) is 0.916. The number of halogens is 1. The highest BCUT2D eigenvalue weighted by Gasteiger charge is 2.26. The summed E-state index contributed by atoms with van der Waals surface area (Å²) in [6.45, 7) is 3.72. The smallest absolute Gasteiger partial charge is 0.225 e. The van der Waals surface area contributed by atoms with Crippen LogP contribution in [0.2, 0.25) is 0 Å². The maximum atomic E-state index is 12.5. The maximum Gasteiger partial charge on any atom is 0.225 e. The van der Waals surface area contributed by atoms with Crippen molar-refractivity contribution >= 4 is 21.8 Å². The molecule has 2 atom stereocenters. The van der Waals surface area contributed by atoms with Crippen molar-refractivity contribution in [2.45, 2.75) is 26.2 Å². The van der Waals surface area contributed by atoms with Gasteiger partial charge >= 0.3 is 0 Å². The second kappa shape index (κ2) is 7.23. The number of hydrogen-bond acceptors (Lipinski definition) is 2. The Hall–Kier alpha value is -0.870. The van der Waals surface area contributed by atoms with E-state index in [1.165, 1.54) is 5.56 Å². The van der Waals surface area contributed by atoms with Crippen LogP contribution in [-0.4, -0.2) is 35.6 Å². The van der Waals surface area contributed by atoms with Gasteiger partial charge in [0.2, 0.25) is 5.91 Å². The number of piperidine rings is 1. The number of aliphatic hydroxyl groups excluding tert-OH is 1. The average molecular weight is 340 g/mol. The normalized spacial score (nSPS) is 20.8. The van der Waals surface area contributed by atoms with E-state index in [2.05, 4.69) is 28.1 Å². The van der Waals surface area contributed by atoms with Gasteiger partial charge in [0.15, 0.2) is 0 Å². The number of carbonyl (C=O) groups is 1. The van der Waals surface area contributed by atoms with Gasteiger partial charge in [-0.25, -0.2) is 0 Å². The molecule has 1 aromatic carbocycles. The molecule has 0 bridgehead atoms. The summed E-state index contributed by atoms with van der Waals surface area (Å²) >= 11 is 3.42. The SMILES string of the molecule is CC(Cc1ccc(Br)cc1)C(=O)N1CCCC(CO)C1. The molecule has 1 aliphatic rings. The van der Waals surface area contributed by atoms with Crippen LogP contribution in [0.3, 0.4) is 0 Å². The zero-order valence-corrected chi connectivity index (χ0v) is 13.5. The number of nitrogens with zero attached hydrogens (tertiary/aromatic N) is 1. The highest BCUT2D eigenvalue weighted by Crippen LogP contribution is 2.20. The van der Waals surface area contributed by atoms with E-state index in [9.17, 15) is 9.90 Å². The molecule has 20 heavy (non-hydrogen) atoms. The van der Waals surface area contributed by atoms with Gasteiger partial charge in [-0.3, -0.25) is 4.79 Å². The van der Waals surface area contributed by atoms with Crippen LogP contribution < -0.4 is 0 Å². The van der Waals surface area contributed by atoms with Crippen LogP contribution in [0.5, 0.6) is 0 Å². The summed E-state index contributed by atoms with van der Waals surface area (Å²) in [4.78, 5) is 14.4. The van der Waals surface area contributed by atoms with Gasteiger partial charge in [-0.1, -0.05) is 35.0 Å². The van der Waals surface area contributed by atoms with Crippen LogP contribution in [0, 0.1) is 11.8 Å². The second-order valence-electron chi connectivity index (χ2n) is 5.71. The summed E-state index contributed by atoms with van der Waals surface area (Å²) in [6, 6.07) is 8.13. The molecule has 1 N–H and O–H groups in total. The minimum absolute atomic E-state index is 0.00591. The summed E-state index contributed by atoms with van der Waals surface area (Å²) < 4.78 is 1.06. The first kappa shape index (κ1) is 15.5. The van der Waals surface area contributed by atoms with Crippen molar-refractivity contribution < 1.29 is 9.90 Å². The lowest BCUT2D eigenvalue weighted by Gasteiger charge is -2.33. The largest absolute Gasteiger partial charge is 0.396 e. The fraction of sp³-hybridized carbons (Fsp3) is 0.562. The Balaban J connectivity index is 1.92. The van der Waals surface area contributed by atoms with Crippen LogP contribution in [0.1, 0.15) is 25.3 Å². The molecular formula is C16H22BrNO2. The number of amides is 1. The number of likely N-dealkylation sites (tertiary alicyclic amines) is 1. The molecule has 1 fully saturated rings. The third kappa shape index (κ3) is 4.06. The van der Waals surface area contributed by atoms with Crippen molar-refractivity contribution in [3.05, 3.63) is 34.3 Å². The van der Waals surface area contributed by atoms with Gasteiger partial charge in [-0.2, -0.15) is 0 Å². The lowest BCUT2D eigenvalue weighted by atomic mass is 9.95. The molecule has 3 nitrogen and oxygen atoms in total. The van der Waals surface area contributed by atoms with Crippen molar-refractivity contribution in [3.8, 4) is 0 Å². The van der Waals surface area contributed by atoms with Crippen LogP contribution in [0.15, 0.2) is 28.7 Å². The Kier molecular flexibility index (Phi) is 5.61. The average Bonchev–Trinajstić information content (AvgIpc) is 2.48. The molecule has 0 spiro atoms. The molecule has 1 saturated heterocycles. The molecule has 1 aromatic rings. The van der Waals surface area contributed by atoms with Crippen LogP contribution in [-0.2, 0) is 11.2 Å². The van der Waals surface area contributed by atoms with Crippen LogP contribution in [0.25, 0.3) is 0 Å². The van der Waals surface area contributed by atoms with E-state index in [0.717, 1.165) is 30.3 Å². The predicted octanol–water partition coefficient (Wildman–Crippen LogP) is 2.86. The first-order valence-electron chi connectivity index (χ1n) is 7.24. The summed E-state index contributed by atoms with van der Waals surface area (Å²) in [5.41, 5.74) is 1.18. The lowest BCUT2D eigenvalue weighted by Crippen LogP contribution is -2.43. The molecule has 0 aliphatic carbocycles. The van der Waals surface area contributed by atoms with E-state index in [1.807, 2.05) is 24.0 Å². The monoisotopic (exact) mass is 339 g/mol. The summed E-state index contributed by atoms with van der Waals surface area (Å²) in [5, 5.41) is 9.25. The predicted molar refractivity (Wildman–Crippen MR) is 83.4 cm³/mol. The minimum Gasteiger partial charge on any atom is -0.396 e. The molecule has 0 radical (unpaired) electrons. The fourth-order valence-corrected chi connectivity index (χ4v) is 3.05. The maximum absolute atomic E-state index is 12.5. The molecule has 110 valence electrons. The van der Waals surface area contributed by atoms with Gasteiger partial charge in [-0.15, -0.1) is 0 Å². The van der Waals surface area contributed by atoms with E-state index in [1.54, 1.807) is 0 Å². The van der Waals surface area contributed by atoms with Crippen molar-refractivity contribution in [1.29, 1.82) is 0 Å². The standard InChI is InChI=1S/C16H22BrNO2/c1-12(9-13-4-6-15(17)7-5-13)16(20)18-8-2-3-14(10-18)11-19/h4-7,12,14,19H,2-3,8-11H2,1H3. The Bertz CT molecular complexity index is 446. The number of aliphatic hydroxyl groups is 1. The van der Waals surface area contributed by atoms with E-state index in [0.29, 0.717) is 6.54 Å². The van der Waals surface area contributed by atoms with E-state index in [-0.39, 0.29) is 24.3 Å². The van der Waals surface area contributed by atoms with Crippen LogP contribution >= 0.6 is 15.9 Å². The number of rotatable bonds is 4. The van der Waals surface area contributed by atoms with Crippen molar-refractivity contribution in [3.63, 3.8) is 0 Å². The van der Waals surface area contributed by atoms with Crippen LogP contribution in [0.4, 0.5) is 0 Å². The van der Waals surface area contributed by atoms with E-state index in [4.69, 9.17) is 0 Å². The minimum atomic E-state index is -0.00591. The Morgan fingerprint density at radius 2 is 2.15 bits per heavy atom. The molecule has 1 aliphatic heterocycles. The molecule has 2 rings (SSSR count). The van der Waals surface area contributed by atoms with E-state index < -0.39 is 0 Å². The van der Waals surface area contributed by atoms with Gasteiger partial charge in [0.25, 0.3) is 0 Å².